The number of hydrogen-bond donors (Lipinski definition) is 1. The molecule has 0 saturated carbocycles. The highest BCUT2D eigenvalue weighted by atomic mass is 15.2. The Morgan fingerprint density at radius 2 is 2.46 bits per heavy atom. The van der Waals surface area contributed by atoms with Gasteiger partial charge < -0.3 is 10.2 Å². The van der Waals surface area contributed by atoms with E-state index < -0.39 is 0 Å². The highest BCUT2D eigenvalue weighted by molar-refractivity contribution is 5.60. The van der Waals surface area contributed by atoms with Gasteiger partial charge in [-0.05, 0) is 19.4 Å². The predicted molar refractivity (Wildman–Crippen MR) is 56.6 cm³/mol. The fraction of sp³-hybridized carbons (Fsp3) is 0.500. The molecule has 0 spiro atoms. The van der Waals surface area contributed by atoms with Gasteiger partial charge in [0.25, 0.3) is 0 Å². The molecule has 0 saturated heterocycles. The van der Waals surface area contributed by atoms with Gasteiger partial charge in [-0.15, -0.1) is 6.58 Å². The molecule has 1 aliphatic heterocycles. The van der Waals surface area contributed by atoms with Crippen molar-refractivity contribution >= 4 is 6.34 Å². The third-order valence-corrected chi connectivity index (χ3v) is 2.33. The highest BCUT2D eigenvalue weighted by Gasteiger charge is 2.15. The van der Waals surface area contributed by atoms with Gasteiger partial charge >= 0.3 is 0 Å². The maximum atomic E-state index is 4.30. The van der Waals surface area contributed by atoms with Gasteiger partial charge in [-0.3, -0.25) is 0 Å². The zero-order chi connectivity index (χ0) is 9.84. The van der Waals surface area contributed by atoms with E-state index in [-0.39, 0.29) is 6.04 Å². The summed E-state index contributed by atoms with van der Waals surface area (Å²) in [5.41, 5.74) is 1.22. The maximum absolute atomic E-state index is 4.30. The van der Waals surface area contributed by atoms with Gasteiger partial charge in [-0.2, -0.15) is 0 Å². The van der Waals surface area contributed by atoms with Crippen LogP contribution in [0.4, 0.5) is 0 Å². The summed E-state index contributed by atoms with van der Waals surface area (Å²) in [7, 11) is 2.04. The van der Waals surface area contributed by atoms with Crippen molar-refractivity contribution in [3.8, 4) is 0 Å². The Labute approximate surface area is 79.8 Å². The Kier molecular flexibility index (Phi) is 3.12. The molecule has 1 unspecified atom stereocenters. The second-order valence-electron chi connectivity index (χ2n) is 3.16. The van der Waals surface area contributed by atoms with Crippen molar-refractivity contribution in [1.29, 1.82) is 0 Å². The molecule has 0 fully saturated rings. The summed E-state index contributed by atoms with van der Waals surface area (Å²) in [5, 5.41) is 3.13. The van der Waals surface area contributed by atoms with Crippen LogP contribution in [0.15, 0.2) is 29.0 Å². The smallest absolute Gasteiger partial charge is 0.131 e. The summed E-state index contributed by atoms with van der Waals surface area (Å²) < 4.78 is 0. The number of hydrogen-bond acceptors (Lipinski definition) is 3. The summed E-state index contributed by atoms with van der Waals surface area (Å²) >= 11 is 0. The summed E-state index contributed by atoms with van der Waals surface area (Å²) in [6.07, 6.45) is 3.63. The van der Waals surface area contributed by atoms with E-state index in [1.54, 1.807) is 6.34 Å². The molecule has 1 atom stereocenters. The van der Waals surface area contributed by atoms with Crippen LogP contribution in [-0.2, 0) is 0 Å². The molecule has 0 aromatic heterocycles. The molecule has 1 rings (SSSR count). The Morgan fingerprint density at radius 1 is 1.77 bits per heavy atom. The number of aliphatic imine (C=N–C) groups is 1. The zero-order valence-corrected chi connectivity index (χ0v) is 8.54. The van der Waals surface area contributed by atoms with Crippen molar-refractivity contribution in [2.75, 3.05) is 13.6 Å². The van der Waals surface area contributed by atoms with Crippen LogP contribution in [0.5, 0.6) is 0 Å². The lowest BCUT2D eigenvalue weighted by Crippen LogP contribution is -2.34. The molecule has 1 aliphatic rings. The number of rotatable bonds is 3. The standard InChI is InChI=1S/C10H17N3/c1-5-9-8(3)10(12-7-11-9)13(4)6-2/h5,7,9H,1,6H2,2-4H3,(H,11,12). The lowest BCUT2D eigenvalue weighted by atomic mass is 10.1. The van der Waals surface area contributed by atoms with Crippen molar-refractivity contribution < 1.29 is 0 Å². The number of nitrogens with one attached hydrogen (secondary N) is 1. The van der Waals surface area contributed by atoms with Gasteiger partial charge in [0.05, 0.1) is 12.4 Å². The fourth-order valence-electron chi connectivity index (χ4n) is 1.34. The van der Waals surface area contributed by atoms with Gasteiger partial charge in [0.1, 0.15) is 5.82 Å². The van der Waals surface area contributed by atoms with Gasteiger partial charge in [0.2, 0.25) is 0 Å². The average molecular weight is 179 g/mol. The van der Waals surface area contributed by atoms with Crippen molar-refractivity contribution in [3.63, 3.8) is 0 Å². The monoisotopic (exact) mass is 179 g/mol. The van der Waals surface area contributed by atoms with Crippen LogP contribution >= 0.6 is 0 Å². The van der Waals surface area contributed by atoms with Gasteiger partial charge in [-0.25, -0.2) is 4.99 Å². The van der Waals surface area contributed by atoms with Crippen molar-refractivity contribution in [2.45, 2.75) is 19.9 Å². The van der Waals surface area contributed by atoms with Crippen LogP contribution in [0.2, 0.25) is 0 Å². The van der Waals surface area contributed by atoms with E-state index in [9.17, 15) is 0 Å². The predicted octanol–water partition coefficient (Wildman–Crippen LogP) is 1.36. The Balaban J connectivity index is 2.91. The maximum Gasteiger partial charge on any atom is 0.131 e. The molecule has 0 aliphatic carbocycles. The second-order valence-corrected chi connectivity index (χ2v) is 3.16. The summed E-state index contributed by atoms with van der Waals surface area (Å²) in [6, 6.07) is 0.224. The van der Waals surface area contributed by atoms with Crippen LogP contribution < -0.4 is 5.32 Å². The first-order valence-electron chi connectivity index (χ1n) is 4.53. The van der Waals surface area contributed by atoms with Crippen LogP contribution in [0.25, 0.3) is 0 Å². The van der Waals surface area contributed by atoms with Gasteiger partial charge in [-0.1, -0.05) is 6.08 Å². The second kappa shape index (κ2) is 4.12. The molecule has 1 heterocycles. The minimum Gasteiger partial charge on any atom is -0.366 e. The van der Waals surface area contributed by atoms with E-state index in [1.807, 2.05) is 13.1 Å². The molecule has 13 heavy (non-hydrogen) atoms. The average Bonchev–Trinajstić information content (AvgIpc) is 2.17. The quantitative estimate of drug-likeness (QED) is 0.662. The van der Waals surface area contributed by atoms with Crippen LogP contribution in [-0.4, -0.2) is 30.9 Å². The first-order chi connectivity index (χ1) is 6.20. The summed E-state index contributed by atoms with van der Waals surface area (Å²) in [6.45, 7) is 8.94. The molecule has 3 nitrogen and oxygen atoms in total. The molecule has 0 aromatic rings. The molecular weight excluding hydrogens is 162 g/mol. The molecule has 0 bridgehead atoms. The highest BCUT2D eigenvalue weighted by Crippen LogP contribution is 2.16. The Morgan fingerprint density at radius 3 is 3.00 bits per heavy atom. The molecule has 0 radical (unpaired) electrons. The Bertz CT molecular complexity index is 253. The van der Waals surface area contributed by atoms with Crippen molar-refractivity contribution in [2.24, 2.45) is 4.99 Å². The largest absolute Gasteiger partial charge is 0.366 e. The van der Waals surface area contributed by atoms with Crippen LogP contribution in [0.3, 0.4) is 0 Å². The topological polar surface area (TPSA) is 27.6 Å². The van der Waals surface area contributed by atoms with E-state index >= 15 is 0 Å². The fourth-order valence-corrected chi connectivity index (χ4v) is 1.34. The molecule has 72 valence electrons. The third kappa shape index (κ3) is 1.91. The van der Waals surface area contributed by atoms with E-state index in [0.717, 1.165) is 12.4 Å². The minimum absolute atomic E-state index is 0.224. The van der Waals surface area contributed by atoms with Crippen molar-refractivity contribution in [3.05, 3.63) is 24.0 Å². The van der Waals surface area contributed by atoms with Gasteiger partial charge in [0.15, 0.2) is 0 Å². The van der Waals surface area contributed by atoms with Crippen LogP contribution in [0.1, 0.15) is 13.8 Å². The van der Waals surface area contributed by atoms with E-state index in [1.165, 1.54) is 5.57 Å². The minimum atomic E-state index is 0.224. The number of nitrogens with zero attached hydrogens (tertiary/aromatic N) is 2. The lowest BCUT2D eigenvalue weighted by Gasteiger charge is -2.26. The van der Waals surface area contributed by atoms with Crippen LogP contribution in [0, 0.1) is 0 Å². The molecule has 0 aromatic carbocycles. The third-order valence-electron chi connectivity index (χ3n) is 2.33. The zero-order valence-electron chi connectivity index (χ0n) is 8.54. The summed E-state index contributed by atoms with van der Waals surface area (Å²) in [5.74, 6) is 1.05. The molecule has 1 N–H and O–H groups in total. The molecule has 3 heteroatoms. The van der Waals surface area contributed by atoms with E-state index in [2.05, 4.69) is 35.6 Å². The molecule has 0 amide bonds. The first kappa shape index (κ1) is 9.84. The molecular formula is C10H17N3. The van der Waals surface area contributed by atoms with E-state index in [4.69, 9.17) is 0 Å². The van der Waals surface area contributed by atoms with E-state index in [0.29, 0.717) is 0 Å². The summed E-state index contributed by atoms with van der Waals surface area (Å²) in [4.78, 5) is 6.43. The Hall–Kier alpha value is -1.25. The SMILES string of the molecule is C=CC1NC=NC(N(C)CC)=C1C. The first-order valence-corrected chi connectivity index (χ1v) is 4.53. The van der Waals surface area contributed by atoms with Crippen molar-refractivity contribution in [1.82, 2.24) is 10.2 Å². The normalized spacial score (nSPS) is 21.3. The van der Waals surface area contributed by atoms with Gasteiger partial charge in [0, 0.05) is 13.6 Å². The lowest BCUT2D eigenvalue weighted by molar-refractivity contribution is 0.425.